The fraction of sp³-hybridized carbons (Fsp3) is 0.756. The van der Waals surface area contributed by atoms with E-state index in [0.29, 0.717) is 151 Å². The van der Waals surface area contributed by atoms with Gasteiger partial charge in [-0.05, 0) is 35.8 Å². The number of carbonyl (C=O) groups excluding carboxylic acids is 4. The number of amides is 4. The quantitative estimate of drug-likeness (QED) is 0.0420. The molecule has 3 rings (SSSR count). The lowest BCUT2D eigenvalue weighted by Crippen LogP contribution is -2.54. The van der Waals surface area contributed by atoms with E-state index < -0.39 is 29.7 Å². The number of piperidine rings is 1. The Morgan fingerprint density at radius 3 is 1.38 bits per heavy atom. The van der Waals surface area contributed by atoms with Crippen LogP contribution in [0.4, 0.5) is 5.69 Å². The standard InChI is InChI=1S/C41H66IN3O15/c42-10-3-1-2-4-12-50-14-16-52-18-20-54-22-24-56-26-28-58-30-32-60-33-31-59-29-27-57-25-23-55-21-19-53-17-15-51-13-11-43-35-7-5-6-34-38(35)41(49)45(40(34)48)36-8-9-37(46)44-39(36)47/h5-7,36,43H,1-4,8-33H2,(H,44,46,47). The van der Waals surface area contributed by atoms with Gasteiger partial charge in [-0.25, -0.2) is 0 Å². The summed E-state index contributed by atoms with van der Waals surface area (Å²) >= 11 is 2.41. The van der Waals surface area contributed by atoms with Crippen LogP contribution in [0.1, 0.15) is 59.2 Å². The van der Waals surface area contributed by atoms with Gasteiger partial charge in [0.25, 0.3) is 11.8 Å². The second-order valence-corrected chi connectivity index (χ2v) is 14.5. The van der Waals surface area contributed by atoms with Crippen LogP contribution in [0.15, 0.2) is 18.2 Å². The molecule has 0 spiro atoms. The SMILES string of the molecule is O=C1CCC(N2C(=O)c3cccc(NCCOCCOCCOCCOCCOCCOCCOCCOCCOCCOCCOCCCCCCI)c3C2=O)C(=O)N1. The molecule has 1 saturated heterocycles. The molecule has 0 bridgehead atoms. The van der Waals surface area contributed by atoms with E-state index in [1.807, 2.05) is 0 Å². The molecule has 342 valence electrons. The maximum atomic E-state index is 13.2. The summed E-state index contributed by atoms with van der Waals surface area (Å²) in [5.41, 5.74) is 0.909. The molecule has 0 radical (unpaired) electrons. The van der Waals surface area contributed by atoms with Gasteiger partial charge in [-0.3, -0.25) is 29.4 Å². The van der Waals surface area contributed by atoms with Crippen molar-refractivity contribution >= 4 is 51.9 Å². The summed E-state index contributed by atoms with van der Waals surface area (Å²) in [6.07, 6.45) is 5.10. The number of alkyl halides is 1. The third-order valence-electron chi connectivity index (χ3n) is 8.92. The molecule has 19 heteroatoms. The van der Waals surface area contributed by atoms with Crippen LogP contribution in [0, 0.1) is 0 Å². The van der Waals surface area contributed by atoms with Crippen LogP contribution in [0.3, 0.4) is 0 Å². The predicted octanol–water partition coefficient (Wildman–Crippen LogP) is 2.68. The normalized spacial score (nSPS) is 15.3. The fourth-order valence-electron chi connectivity index (χ4n) is 5.87. The molecule has 1 unspecified atom stereocenters. The molecule has 0 aromatic heterocycles. The Kier molecular flexibility index (Phi) is 30.4. The van der Waals surface area contributed by atoms with Gasteiger partial charge in [0.1, 0.15) is 6.04 Å². The Labute approximate surface area is 367 Å². The highest BCUT2D eigenvalue weighted by Gasteiger charge is 2.45. The number of benzene rings is 1. The molecule has 2 N–H and O–H groups in total. The van der Waals surface area contributed by atoms with Gasteiger partial charge in [0, 0.05) is 25.3 Å². The minimum atomic E-state index is -1.01. The number of imide groups is 2. The maximum absolute atomic E-state index is 13.2. The number of unbranched alkanes of at least 4 members (excludes halogenated alkanes) is 3. The van der Waals surface area contributed by atoms with Gasteiger partial charge in [-0.1, -0.05) is 41.5 Å². The highest BCUT2D eigenvalue weighted by atomic mass is 127. The summed E-state index contributed by atoms with van der Waals surface area (Å²) in [6, 6.07) is 3.91. The molecular formula is C41H66IN3O15. The molecule has 4 amide bonds. The number of anilines is 1. The highest BCUT2D eigenvalue weighted by Crippen LogP contribution is 2.32. The van der Waals surface area contributed by atoms with Crippen molar-refractivity contribution in [3.8, 4) is 0 Å². The van der Waals surface area contributed by atoms with E-state index in [-0.39, 0.29) is 24.0 Å². The largest absolute Gasteiger partial charge is 0.382 e. The van der Waals surface area contributed by atoms with Crippen molar-refractivity contribution in [1.82, 2.24) is 10.2 Å². The van der Waals surface area contributed by atoms with Gasteiger partial charge < -0.3 is 57.4 Å². The molecule has 2 aliphatic rings. The zero-order chi connectivity index (χ0) is 42.7. The minimum Gasteiger partial charge on any atom is -0.382 e. The number of halogens is 1. The van der Waals surface area contributed by atoms with Crippen LogP contribution in [-0.2, 0) is 61.7 Å². The maximum Gasteiger partial charge on any atom is 0.264 e. The summed E-state index contributed by atoms with van der Waals surface area (Å²) in [4.78, 5) is 50.9. The average Bonchev–Trinajstić information content (AvgIpc) is 3.50. The Hall–Kier alpha value is -2.41. The number of hydrogen-bond acceptors (Lipinski definition) is 16. The number of nitrogens with one attached hydrogen (secondary N) is 2. The van der Waals surface area contributed by atoms with Crippen molar-refractivity contribution in [2.45, 2.75) is 44.6 Å². The van der Waals surface area contributed by atoms with Crippen LogP contribution < -0.4 is 10.6 Å². The number of fused-ring (bicyclic) bond motifs is 1. The topological polar surface area (TPSA) is 197 Å². The van der Waals surface area contributed by atoms with Gasteiger partial charge in [0.2, 0.25) is 11.8 Å². The Bertz CT molecular complexity index is 1330. The molecule has 2 heterocycles. The first-order chi connectivity index (χ1) is 29.5. The molecule has 0 aliphatic carbocycles. The summed E-state index contributed by atoms with van der Waals surface area (Å²) in [5.74, 6) is -2.17. The van der Waals surface area contributed by atoms with Gasteiger partial charge in [0.05, 0.1) is 150 Å². The zero-order valence-corrected chi connectivity index (χ0v) is 37.1. The van der Waals surface area contributed by atoms with Crippen LogP contribution >= 0.6 is 22.6 Å². The molecule has 2 aliphatic heterocycles. The van der Waals surface area contributed by atoms with E-state index in [1.165, 1.54) is 23.7 Å². The van der Waals surface area contributed by atoms with Crippen molar-refractivity contribution in [3.05, 3.63) is 29.3 Å². The highest BCUT2D eigenvalue weighted by molar-refractivity contribution is 14.1. The minimum absolute atomic E-state index is 0.0658. The van der Waals surface area contributed by atoms with Gasteiger partial charge in [-0.15, -0.1) is 0 Å². The monoisotopic (exact) mass is 967 g/mol. The van der Waals surface area contributed by atoms with E-state index >= 15 is 0 Å². The molecule has 0 saturated carbocycles. The molecule has 1 fully saturated rings. The molecule has 60 heavy (non-hydrogen) atoms. The van der Waals surface area contributed by atoms with Crippen LogP contribution in [0.2, 0.25) is 0 Å². The number of hydrogen-bond donors (Lipinski definition) is 2. The number of carbonyl (C=O) groups is 4. The smallest absolute Gasteiger partial charge is 0.264 e. The lowest BCUT2D eigenvalue weighted by molar-refractivity contribution is -0.136. The lowest BCUT2D eigenvalue weighted by atomic mass is 10.0. The third kappa shape index (κ3) is 22.6. The van der Waals surface area contributed by atoms with Gasteiger partial charge in [0.15, 0.2) is 0 Å². The summed E-state index contributed by atoms with van der Waals surface area (Å²) < 4.78 is 61.9. The zero-order valence-electron chi connectivity index (χ0n) is 35.0. The van der Waals surface area contributed by atoms with Crippen molar-refractivity contribution < 1.29 is 71.3 Å². The van der Waals surface area contributed by atoms with Gasteiger partial charge >= 0.3 is 0 Å². The second-order valence-electron chi connectivity index (χ2n) is 13.4. The van der Waals surface area contributed by atoms with E-state index in [0.717, 1.165) is 17.9 Å². The van der Waals surface area contributed by atoms with Crippen molar-refractivity contribution in [2.75, 3.05) is 162 Å². The second kappa shape index (κ2) is 35.1. The Morgan fingerprint density at radius 2 is 0.950 bits per heavy atom. The number of ether oxygens (including phenoxy) is 11. The predicted molar refractivity (Wildman–Crippen MR) is 228 cm³/mol. The van der Waals surface area contributed by atoms with Crippen molar-refractivity contribution in [1.29, 1.82) is 0 Å². The van der Waals surface area contributed by atoms with E-state index in [4.69, 9.17) is 52.1 Å². The molecule has 1 atom stereocenters. The fourth-order valence-corrected chi connectivity index (χ4v) is 6.41. The first-order valence-corrected chi connectivity index (χ1v) is 22.6. The van der Waals surface area contributed by atoms with E-state index in [1.54, 1.807) is 18.2 Å². The van der Waals surface area contributed by atoms with Crippen LogP contribution in [0.25, 0.3) is 0 Å². The number of nitrogens with zero attached hydrogens (tertiary/aromatic N) is 1. The summed E-state index contributed by atoms with van der Waals surface area (Å²) in [5, 5.41) is 5.34. The lowest BCUT2D eigenvalue weighted by Gasteiger charge is -2.27. The number of rotatable bonds is 41. The molecule has 1 aromatic rings. The van der Waals surface area contributed by atoms with Crippen LogP contribution in [0.5, 0.6) is 0 Å². The Morgan fingerprint density at radius 1 is 0.533 bits per heavy atom. The summed E-state index contributed by atoms with van der Waals surface area (Å²) in [6.45, 7) is 11.3. The van der Waals surface area contributed by atoms with E-state index in [2.05, 4.69) is 33.2 Å². The van der Waals surface area contributed by atoms with Gasteiger partial charge in [-0.2, -0.15) is 0 Å². The average molecular weight is 968 g/mol. The molecule has 18 nitrogen and oxygen atoms in total. The first kappa shape index (κ1) is 51.9. The van der Waals surface area contributed by atoms with Crippen molar-refractivity contribution in [2.24, 2.45) is 0 Å². The Balaban J connectivity index is 0.975. The van der Waals surface area contributed by atoms with Crippen molar-refractivity contribution in [3.63, 3.8) is 0 Å². The van der Waals surface area contributed by atoms with Crippen LogP contribution in [-0.4, -0.2) is 191 Å². The summed E-state index contributed by atoms with van der Waals surface area (Å²) in [7, 11) is 0. The van der Waals surface area contributed by atoms with E-state index in [9.17, 15) is 19.2 Å². The first-order valence-electron chi connectivity index (χ1n) is 21.0. The molecular weight excluding hydrogens is 901 g/mol. The third-order valence-corrected chi connectivity index (χ3v) is 9.69. The molecule has 1 aromatic carbocycles.